The third-order valence-corrected chi connectivity index (χ3v) is 4.32. The first kappa shape index (κ1) is 23.9. The zero-order chi connectivity index (χ0) is 20.7. The second kappa shape index (κ2) is 11.1. The smallest absolute Gasteiger partial charge is 0.417 e. The molecule has 1 N–H and O–H groups in total. The lowest BCUT2D eigenvalue weighted by atomic mass is 10.3. The Bertz CT molecular complexity index is 798. The Labute approximate surface area is 189 Å². The first-order valence-corrected chi connectivity index (χ1v) is 9.11. The number of alkyl halides is 3. The number of aliphatic imine (C=N–C) groups is 1. The fourth-order valence-corrected chi connectivity index (χ4v) is 2.86. The summed E-state index contributed by atoms with van der Waals surface area (Å²) >= 11 is 0. The van der Waals surface area contributed by atoms with E-state index in [1.165, 1.54) is 6.07 Å². The maximum absolute atomic E-state index is 12.5. The summed E-state index contributed by atoms with van der Waals surface area (Å²) in [6.07, 6.45) is -0.199. The number of halogens is 4. The van der Waals surface area contributed by atoms with Crippen molar-refractivity contribution in [2.75, 3.05) is 51.3 Å². The summed E-state index contributed by atoms with van der Waals surface area (Å²) in [7, 11) is 1.70. The lowest BCUT2D eigenvalue weighted by Crippen LogP contribution is -2.53. The van der Waals surface area contributed by atoms with Gasteiger partial charge in [0.15, 0.2) is 5.96 Å². The summed E-state index contributed by atoms with van der Waals surface area (Å²) in [5, 5.41) is 3.19. The molecule has 8 nitrogen and oxygen atoms in total. The van der Waals surface area contributed by atoms with Gasteiger partial charge in [-0.3, -0.25) is 4.99 Å². The topological polar surface area (TPSA) is 78.8 Å². The van der Waals surface area contributed by atoms with Gasteiger partial charge in [0.2, 0.25) is 11.8 Å². The molecule has 0 radical (unpaired) electrons. The second-order valence-corrected chi connectivity index (χ2v) is 6.23. The predicted molar refractivity (Wildman–Crippen MR) is 117 cm³/mol. The highest BCUT2D eigenvalue weighted by Crippen LogP contribution is 2.29. The van der Waals surface area contributed by atoms with Crippen LogP contribution in [-0.2, 0) is 6.18 Å². The Morgan fingerprint density at radius 2 is 1.83 bits per heavy atom. The number of nitrogens with zero attached hydrogens (tertiary/aromatic N) is 6. The molecule has 30 heavy (non-hydrogen) atoms. The van der Waals surface area contributed by atoms with Gasteiger partial charge in [-0.2, -0.15) is 13.2 Å². The van der Waals surface area contributed by atoms with Gasteiger partial charge in [0.05, 0.1) is 12.1 Å². The lowest BCUT2D eigenvalue weighted by Gasteiger charge is -2.36. The summed E-state index contributed by atoms with van der Waals surface area (Å²) in [5.41, 5.74) is -0.802. The molecule has 2 aromatic heterocycles. The van der Waals surface area contributed by atoms with Crippen LogP contribution in [0.4, 0.5) is 19.1 Å². The van der Waals surface area contributed by atoms with Gasteiger partial charge in [0, 0.05) is 57.9 Å². The quantitative estimate of drug-likeness (QED) is 0.272. The number of hydrogen-bond donors (Lipinski definition) is 1. The molecular formula is C18H23F3IN7O. The summed E-state index contributed by atoms with van der Waals surface area (Å²) in [5.74, 6) is 1.60. The van der Waals surface area contributed by atoms with Gasteiger partial charge in [-0.15, -0.1) is 24.0 Å². The molecule has 0 unspecified atom stereocenters. The van der Waals surface area contributed by atoms with Gasteiger partial charge in [-0.05, 0) is 12.1 Å². The first-order valence-electron chi connectivity index (χ1n) is 9.11. The van der Waals surface area contributed by atoms with E-state index in [0.29, 0.717) is 12.5 Å². The van der Waals surface area contributed by atoms with Crippen LogP contribution < -0.4 is 15.0 Å². The molecule has 1 saturated heterocycles. The zero-order valence-electron chi connectivity index (χ0n) is 16.3. The Balaban J connectivity index is 0.00000320. The molecule has 1 aliphatic rings. The standard InChI is InChI=1S/C18H22F3N7O.HI/c1-22-16(27-8-10-28(11-9-27)17-23-5-2-6-24-17)25-7-12-29-15-4-3-14(13-26-15)18(19,20)21;/h2-6,13H,7-12H2,1H3,(H,22,25);1H. The SMILES string of the molecule is CN=C(NCCOc1ccc(C(F)(F)F)cn1)N1CCN(c2ncccn2)CC1.I. The van der Waals surface area contributed by atoms with E-state index in [0.717, 1.165) is 44.4 Å². The number of piperazine rings is 1. The fraction of sp³-hybridized carbons (Fsp3) is 0.444. The number of guanidine groups is 1. The Hall–Kier alpha value is -2.38. The molecule has 0 amide bonds. The van der Waals surface area contributed by atoms with E-state index in [1.54, 1.807) is 25.5 Å². The van der Waals surface area contributed by atoms with Crippen molar-refractivity contribution in [1.82, 2.24) is 25.2 Å². The van der Waals surface area contributed by atoms with E-state index < -0.39 is 11.7 Å². The summed E-state index contributed by atoms with van der Waals surface area (Å²) < 4.78 is 43.0. The maximum atomic E-state index is 12.5. The van der Waals surface area contributed by atoms with Crippen LogP contribution in [0.3, 0.4) is 0 Å². The van der Waals surface area contributed by atoms with Gasteiger partial charge in [-0.25, -0.2) is 15.0 Å². The molecule has 1 fully saturated rings. The highest BCUT2D eigenvalue weighted by Gasteiger charge is 2.30. The van der Waals surface area contributed by atoms with Crippen molar-refractivity contribution in [2.45, 2.75) is 6.18 Å². The van der Waals surface area contributed by atoms with Crippen LogP contribution in [-0.4, -0.2) is 72.2 Å². The molecule has 12 heteroatoms. The molecule has 3 rings (SSSR count). The molecule has 1 aliphatic heterocycles. The zero-order valence-corrected chi connectivity index (χ0v) is 18.7. The molecular weight excluding hydrogens is 514 g/mol. The van der Waals surface area contributed by atoms with Crippen molar-refractivity contribution in [3.8, 4) is 5.88 Å². The van der Waals surface area contributed by atoms with Gasteiger partial charge >= 0.3 is 6.18 Å². The van der Waals surface area contributed by atoms with Gasteiger partial charge in [0.25, 0.3) is 0 Å². The van der Waals surface area contributed by atoms with Gasteiger partial charge in [0.1, 0.15) is 6.61 Å². The molecule has 0 spiro atoms. The van der Waals surface area contributed by atoms with E-state index in [2.05, 4.69) is 35.1 Å². The number of aromatic nitrogens is 3. The molecule has 3 heterocycles. The summed E-state index contributed by atoms with van der Waals surface area (Å²) in [4.78, 5) is 20.7. The van der Waals surface area contributed by atoms with Crippen molar-refractivity contribution >= 4 is 35.9 Å². The van der Waals surface area contributed by atoms with E-state index in [-0.39, 0.29) is 36.5 Å². The van der Waals surface area contributed by atoms with E-state index >= 15 is 0 Å². The predicted octanol–water partition coefficient (Wildman–Crippen LogP) is 2.28. The first-order chi connectivity index (χ1) is 14.0. The van der Waals surface area contributed by atoms with Crippen LogP contribution in [0, 0.1) is 0 Å². The van der Waals surface area contributed by atoms with Crippen LogP contribution >= 0.6 is 24.0 Å². The van der Waals surface area contributed by atoms with Crippen molar-refractivity contribution in [3.63, 3.8) is 0 Å². The minimum Gasteiger partial charge on any atom is -0.476 e. The molecule has 2 aromatic rings. The van der Waals surface area contributed by atoms with Crippen molar-refractivity contribution < 1.29 is 17.9 Å². The number of anilines is 1. The summed E-state index contributed by atoms with van der Waals surface area (Å²) in [6, 6.07) is 3.95. The number of hydrogen-bond acceptors (Lipinski definition) is 6. The Kier molecular flexibility index (Phi) is 8.87. The summed E-state index contributed by atoms with van der Waals surface area (Å²) in [6.45, 7) is 3.76. The molecule has 0 atom stereocenters. The second-order valence-electron chi connectivity index (χ2n) is 6.23. The fourth-order valence-electron chi connectivity index (χ4n) is 2.86. The minimum atomic E-state index is -4.41. The minimum absolute atomic E-state index is 0. The number of nitrogens with one attached hydrogen (secondary N) is 1. The van der Waals surface area contributed by atoms with Crippen LogP contribution in [0.25, 0.3) is 0 Å². The molecule has 0 aliphatic carbocycles. The van der Waals surface area contributed by atoms with E-state index in [1.807, 2.05) is 0 Å². The van der Waals surface area contributed by atoms with Gasteiger partial charge < -0.3 is 19.9 Å². The number of pyridine rings is 1. The van der Waals surface area contributed by atoms with Crippen LogP contribution in [0.15, 0.2) is 41.8 Å². The lowest BCUT2D eigenvalue weighted by molar-refractivity contribution is -0.137. The van der Waals surface area contributed by atoms with Crippen LogP contribution in [0.2, 0.25) is 0 Å². The molecule has 0 saturated carbocycles. The van der Waals surface area contributed by atoms with Crippen molar-refractivity contribution in [3.05, 3.63) is 42.4 Å². The largest absolute Gasteiger partial charge is 0.476 e. The monoisotopic (exact) mass is 537 g/mol. The Morgan fingerprint density at radius 3 is 2.40 bits per heavy atom. The van der Waals surface area contributed by atoms with Crippen molar-refractivity contribution in [1.29, 1.82) is 0 Å². The molecule has 164 valence electrons. The number of ether oxygens (including phenoxy) is 1. The van der Waals surface area contributed by atoms with Crippen molar-refractivity contribution in [2.24, 2.45) is 4.99 Å². The third-order valence-electron chi connectivity index (χ3n) is 4.32. The average Bonchev–Trinajstić information content (AvgIpc) is 2.74. The highest BCUT2D eigenvalue weighted by molar-refractivity contribution is 14.0. The average molecular weight is 537 g/mol. The Morgan fingerprint density at radius 1 is 1.13 bits per heavy atom. The highest BCUT2D eigenvalue weighted by atomic mass is 127. The van der Waals surface area contributed by atoms with E-state index in [9.17, 15) is 13.2 Å². The van der Waals surface area contributed by atoms with Crippen LogP contribution in [0.1, 0.15) is 5.56 Å². The van der Waals surface area contributed by atoms with E-state index in [4.69, 9.17) is 4.74 Å². The normalized spacial score (nSPS) is 14.9. The third kappa shape index (κ3) is 6.57. The van der Waals surface area contributed by atoms with Gasteiger partial charge in [-0.1, -0.05) is 0 Å². The molecule has 0 aromatic carbocycles. The van der Waals surface area contributed by atoms with Crippen LogP contribution in [0.5, 0.6) is 5.88 Å². The molecule has 0 bridgehead atoms. The number of rotatable bonds is 5. The maximum Gasteiger partial charge on any atom is 0.417 e.